The third-order valence-electron chi connectivity index (χ3n) is 5.78. The highest BCUT2D eigenvalue weighted by molar-refractivity contribution is 7.80. The van der Waals surface area contributed by atoms with Crippen LogP contribution < -0.4 is 5.32 Å². The van der Waals surface area contributed by atoms with Crippen LogP contribution in [0.5, 0.6) is 0 Å². The predicted molar refractivity (Wildman–Crippen MR) is 136 cm³/mol. The summed E-state index contributed by atoms with van der Waals surface area (Å²) in [7, 11) is 0. The molecule has 0 atom stereocenters. The molecule has 5 rings (SSSR count). The van der Waals surface area contributed by atoms with Crippen LogP contribution in [-0.2, 0) is 16.1 Å². The second-order valence-corrected chi connectivity index (χ2v) is 8.32. The maximum Gasteiger partial charge on any atom is 0.265 e. The number of rotatable bonds is 5. The first-order valence-corrected chi connectivity index (χ1v) is 11.0. The van der Waals surface area contributed by atoms with Gasteiger partial charge in [0.05, 0.1) is 0 Å². The van der Waals surface area contributed by atoms with Crippen LogP contribution >= 0.6 is 12.2 Å². The van der Waals surface area contributed by atoms with E-state index in [4.69, 9.17) is 12.2 Å². The number of para-hydroxylation sites is 1. The molecule has 2 amide bonds. The van der Waals surface area contributed by atoms with Crippen LogP contribution in [-0.4, -0.2) is 32.9 Å². The van der Waals surface area contributed by atoms with Crippen molar-refractivity contribution in [2.24, 2.45) is 0 Å². The molecule has 2 heterocycles. The van der Waals surface area contributed by atoms with Crippen LogP contribution in [0.25, 0.3) is 27.8 Å². The molecule has 1 fully saturated rings. The van der Waals surface area contributed by atoms with Gasteiger partial charge in [-0.1, -0.05) is 60.7 Å². The lowest BCUT2D eigenvalue weighted by Gasteiger charge is -2.27. The van der Waals surface area contributed by atoms with E-state index in [2.05, 4.69) is 46.8 Å². The number of nitrogens with one attached hydrogen (secondary N) is 1. The number of carbonyl (C=O) groups is 2. The first kappa shape index (κ1) is 20.8. The van der Waals surface area contributed by atoms with Crippen LogP contribution in [0.4, 0.5) is 0 Å². The summed E-state index contributed by atoms with van der Waals surface area (Å²) in [4.78, 5) is 26.9. The Kier molecular flexibility index (Phi) is 5.36. The molecule has 1 aromatic heterocycles. The molecule has 1 saturated heterocycles. The van der Waals surface area contributed by atoms with Gasteiger partial charge in [-0.3, -0.25) is 19.8 Å². The Balaban J connectivity index is 1.56. The van der Waals surface area contributed by atoms with Crippen LogP contribution in [0, 0.1) is 0 Å². The molecule has 5 nitrogen and oxygen atoms in total. The highest BCUT2D eigenvalue weighted by Crippen LogP contribution is 2.26. The highest BCUT2D eigenvalue weighted by atomic mass is 32.1. The van der Waals surface area contributed by atoms with Gasteiger partial charge in [-0.05, 0) is 46.8 Å². The lowest BCUT2D eigenvalue weighted by molar-refractivity contribution is -0.128. The number of benzene rings is 3. The van der Waals surface area contributed by atoms with E-state index in [0.717, 1.165) is 16.5 Å². The molecule has 33 heavy (non-hydrogen) atoms. The van der Waals surface area contributed by atoms with Gasteiger partial charge in [0.2, 0.25) is 0 Å². The van der Waals surface area contributed by atoms with Crippen molar-refractivity contribution in [1.82, 2.24) is 14.8 Å². The Hall–Kier alpha value is -4.03. The molecule has 0 aliphatic carbocycles. The van der Waals surface area contributed by atoms with Gasteiger partial charge in [0, 0.05) is 35.8 Å². The number of amides is 2. The third-order valence-corrected chi connectivity index (χ3v) is 6.11. The van der Waals surface area contributed by atoms with Gasteiger partial charge < -0.3 is 4.57 Å². The van der Waals surface area contributed by atoms with Crippen molar-refractivity contribution >= 4 is 56.9 Å². The zero-order valence-electron chi connectivity index (χ0n) is 17.8. The standard InChI is InChI=1S/C27H21N3O2S/c1-2-13-30-26(32)23(25(31)28-27(30)33)15-21-17-29(24-10-6-5-9-22(21)24)16-18-11-12-19-7-3-4-8-20(19)14-18/h2-12,14-15,17H,1,13,16H2,(H,28,31,33)/b23-15+. The molecule has 0 saturated carbocycles. The SMILES string of the molecule is C=CCN1C(=O)/C(=C/c2cn(Cc3ccc4ccccc4c3)c3ccccc23)C(=O)NC1=S. The number of nitrogens with zero attached hydrogens (tertiary/aromatic N) is 2. The molecular formula is C27H21N3O2S. The summed E-state index contributed by atoms with van der Waals surface area (Å²) in [6.07, 6.45) is 5.21. The zero-order chi connectivity index (χ0) is 22.9. The first-order valence-electron chi connectivity index (χ1n) is 10.6. The molecule has 4 aromatic rings. The van der Waals surface area contributed by atoms with Crippen molar-refractivity contribution in [3.8, 4) is 0 Å². The number of aromatic nitrogens is 1. The molecule has 1 aliphatic rings. The molecule has 0 radical (unpaired) electrons. The van der Waals surface area contributed by atoms with Gasteiger partial charge in [0.25, 0.3) is 11.8 Å². The van der Waals surface area contributed by atoms with Crippen molar-refractivity contribution in [3.05, 3.63) is 102 Å². The summed E-state index contributed by atoms with van der Waals surface area (Å²) in [6.45, 7) is 4.57. The van der Waals surface area contributed by atoms with Crippen molar-refractivity contribution in [2.45, 2.75) is 6.54 Å². The molecule has 162 valence electrons. The van der Waals surface area contributed by atoms with E-state index >= 15 is 0 Å². The van der Waals surface area contributed by atoms with Gasteiger partial charge in [-0.2, -0.15) is 0 Å². The normalized spacial score (nSPS) is 15.5. The van der Waals surface area contributed by atoms with Gasteiger partial charge in [-0.15, -0.1) is 6.58 Å². The van der Waals surface area contributed by atoms with Crippen molar-refractivity contribution in [2.75, 3.05) is 6.54 Å². The Morgan fingerprint density at radius 2 is 1.73 bits per heavy atom. The Morgan fingerprint density at radius 3 is 2.55 bits per heavy atom. The minimum absolute atomic E-state index is 0.0547. The van der Waals surface area contributed by atoms with Crippen LogP contribution in [0.15, 0.2) is 91.2 Å². The minimum Gasteiger partial charge on any atom is -0.342 e. The molecule has 1 N–H and O–H groups in total. The fourth-order valence-electron chi connectivity index (χ4n) is 4.20. The quantitative estimate of drug-likeness (QED) is 0.208. The Labute approximate surface area is 196 Å². The van der Waals surface area contributed by atoms with Crippen LogP contribution in [0.3, 0.4) is 0 Å². The number of hydrogen-bond acceptors (Lipinski definition) is 3. The van der Waals surface area contributed by atoms with Gasteiger partial charge >= 0.3 is 0 Å². The summed E-state index contributed by atoms with van der Waals surface area (Å²) in [5, 5.41) is 6.06. The second kappa shape index (κ2) is 8.48. The number of fused-ring (bicyclic) bond motifs is 2. The summed E-state index contributed by atoms with van der Waals surface area (Å²) < 4.78 is 2.14. The number of carbonyl (C=O) groups excluding carboxylic acids is 2. The largest absolute Gasteiger partial charge is 0.342 e. The van der Waals surface area contributed by atoms with Crippen molar-refractivity contribution < 1.29 is 9.59 Å². The Bertz CT molecular complexity index is 1480. The Morgan fingerprint density at radius 1 is 0.970 bits per heavy atom. The molecule has 6 heteroatoms. The van der Waals surface area contributed by atoms with E-state index in [1.165, 1.54) is 21.2 Å². The average molecular weight is 452 g/mol. The zero-order valence-corrected chi connectivity index (χ0v) is 18.6. The maximum atomic E-state index is 13.0. The van der Waals surface area contributed by atoms with E-state index in [1.54, 1.807) is 12.2 Å². The molecule has 0 spiro atoms. The van der Waals surface area contributed by atoms with Gasteiger partial charge in [-0.25, -0.2) is 0 Å². The summed E-state index contributed by atoms with van der Waals surface area (Å²) in [6, 6.07) is 22.7. The van der Waals surface area contributed by atoms with Gasteiger partial charge in [0.15, 0.2) is 5.11 Å². The molecule has 1 aliphatic heterocycles. The lowest BCUT2D eigenvalue weighted by Crippen LogP contribution is -2.53. The molecule has 0 unspecified atom stereocenters. The third kappa shape index (κ3) is 3.85. The fraction of sp³-hybridized carbons (Fsp3) is 0.0741. The number of hydrogen-bond donors (Lipinski definition) is 1. The van der Waals surface area contributed by atoms with Gasteiger partial charge in [0.1, 0.15) is 5.57 Å². The van der Waals surface area contributed by atoms with E-state index in [-0.39, 0.29) is 17.2 Å². The van der Waals surface area contributed by atoms with Crippen LogP contribution in [0.1, 0.15) is 11.1 Å². The van der Waals surface area contributed by atoms with E-state index in [0.29, 0.717) is 6.54 Å². The first-order chi connectivity index (χ1) is 16.0. The summed E-state index contributed by atoms with van der Waals surface area (Å²) in [5.41, 5.74) is 3.05. The average Bonchev–Trinajstić information content (AvgIpc) is 3.16. The van der Waals surface area contributed by atoms with Crippen LogP contribution in [0.2, 0.25) is 0 Å². The number of thiocarbonyl (C=S) groups is 1. The molecule has 3 aromatic carbocycles. The smallest absolute Gasteiger partial charge is 0.265 e. The topological polar surface area (TPSA) is 54.3 Å². The predicted octanol–water partition coefficient (Wildman–Crippen LogP) is 4.66. The summed E-state index contributed by atoms with van der Waals surface area (Å²) in [5.74, 6) is -0.910. The van der Waals surface area contributed by atoms with Crippen molar-refractivity contribution in [3.63, 3.8) is 0 Å². The maximum absolute atomic E-state index is 13.0. The van der Waals surface area contributed by atoms with Crippen molar-refractivity contribution in [1.29, 1.82) is 0 Å². The highest BCUT2D eigenvalue weighted by Gasteiger charge is 2.32. The molecule has 0 bridgehead atoms. The monoisotopic (exact) mass is 451 g/mol. The lowest BCUT2D eigenvalue weighted by atomic mass is 10.1. The minimum atomic E-state index is -0.489. The second-order valence-electron chi connectivity index (χ2n) is 7.93. The van der Waals surface area contributed by atoms with E-state index < -0.39 is 11.8 Å². The molecular weight excluding hydrogens is 430 g/mol. The van der Waals surface area contributed by atoms with E-state index in [9.17, 15) is 9.59 Å². The summed E-state index contributed by atoms with van der Waals surface area (Å²) >= 11 is 5.15. The van der Waals surface area contributed by atoms with E-state index in [1.807, 2.05) is 42.6 Å². The fourth-order valence-corrected chi connectivity index (χ4v) is 4.45.